The Bertz CT molecular complexity index is 392. The maximum Gasteiger partial charge on any atom is 0.310 e. The SMILES string of the molecule is CC1CN(C(=O)CC2(C(=O)O)CCCCC2)CC(C)N1C. The van der Waals surface area contributed by atoms with Gasteiger partial charge in [-0.15, -0.1) is 0 Å². The Balaban J connectivity index is 2.04. The van der Waals surface area contributed by atoms with Crippen LogP contribution in [0.1, 0.15) is 52.4 Å². The predicted octanol–water partition coefficient (Wildman–Crippen LogP) is 1.96. The van der Waals surface area contributed by atoms with Gasteiger partial charge in [0.1, 0.15) is 0 Å². The molecule has 5 nitrogen and oxygen atoms in total. The molecule has 5 heteroatoms. The number of nitrogens with zero attached hydrogens (tertiary/aromatic N) is 2. The number of carbonyl (C=O) groups is 2. The van der Waals surface area contributed by atoms with Crippen LogP contribution < -0.4 is 0 Å². The van der Waals surface area contributed by atoms with Crippen molar-refractivity contribution in [1.29, 1.82) is 0 Å². The zero-order valence-electron chi connectivity index (χ0n) is 13.5. The molecule has 0 aromatic carbocycles. The van der Waals surface area contributed by atoms with Gasteiger partial charge in [-0.2, -0.15) is 0 Å². The first-order chi connectivity index (χ1) is 9.85. The highest BCUT2D eigenvalue weighted by molar-refractivity contribution is 5.85. The van der Waals surface area contributed by atoms with E-state index in [0.29, 0.717) is 38.0 Å². The number of hydrogen-bond donors (Lipinski definition) is 1. The molecule has 1 aliphatic carbocycles. The van der Waals surface area contributed by atoms with E-state index in [0.717, 1.165) is 19.3 Å². The second-order valence-corrected chi connectivity index (χ2v) is 6.99. The Kier molecular flexibility index (Phi) is 4.91. The van der Waals surface area contributed by atoms with Gasteiger partial charge in [0.25, 0.3) is 0 Å². The lowest BCUT2D eigenvalue weighted by molar-refractivity contribution is -0.157. The van der Waals surface area contributed by atoms with Gasteiger partial charge in [0.2, 0.25) is 5.91 Å². The molecule has 2 aliphatic rings. The summed E-state index contributed by atoms with van der Waals surface area (Å²) in [6.07, 6.45) is 4.40. The number of piperazine rings is 1. The van der Waals surface area contributed by atoms with Crippen molar-refractivity contribution in [3.8, 4) is 0 Å². The van der Waals surface area contributed by atoms with Crippen LogP contribution in [0.15, 0.2) is 0 Å². The van der Waals surface area contributed by atoms with Gasteiger partial charge in [0.05, 0.1) is 5.41 Å². The smallest absolute Gasteiger partial charge is 0.310 e. The molecule has 1 aliphatic heterocycles. The maximum atomic E-state index is 12.6. The van der Waals surface area contributed by atoms with Crippen molar-refractivity contribution in [2.24, 2.45) is 5.41 Å². The molecule has 21 heavy (non-hydrogen) atoms. The minimum Gasteiger partial charge on any atom is -0.481 e. The molecule has 2 unspecified atom stereocenters. The molecule has 0 spiro atoms. The van der Waals surface area contributed by atoms with E-state index in [4.69, 9.17) is 0 Å². The van der Waals surface area contributed by atoms with Crippen LogP contribution in [0.25, 0.3) is 0 Å². The molecular formula is C16H28N2O3. The molecule has 0 bridgehead atoms. The Morgan fingerprint density at radius 2 is 1.62 bits per heavy atom. The number of rotatable bonds is 3. The van der Waals surface area contributed by atoms with Crippen molar-refractivity contribution in [3.05, 3.63) is 0 Å². The van der Waals surface area contributed by atoms with Gasteiger partial charge in [-0.1, -0.05) is 19.3 Å². The molecule has 1 amide bonds. The number of likely N-dealkylation sites (N-methyl/N-ethyl adjacent to an activating group) is 1. The zero-order valence-corrected chi connectivity index (χ0v) is 13.5. The Morgan fingerprint density at radius 3 is 2.10 bits per heavy atom. The van der Waals surface area contributed by atoms with Crippen LogP contribution in [-0.2, 0) is 9.59 Å². The molecule has 0 radical (unpaired) electrons. The van der Waals surface area contributed by atoms with Crippen LogP contribution >= 0.6 is 0 Å². The van der Waals surface area contributed by atoms with Crippen molar-refractivity contribution in [2.75, 3.05) is 20.1 Å². The highest BCUT2D eigenvalue weighted by Gasteiger charge is 2.43. The molecule has 120 valence electrons. The summed E-state index contributed by atoms with van der Waals surface area (Å²) < 4.78 is 0. The van der Waals surface area contributed by atoms with E-state index in [1.54, 1.807) is 0 Å². The third-order valence-electron chi connectivity index (χ3n) is 5.47. The van der Waals surface area contributed by atoms with Crippen LogP contribution in [0.2, 0.25) is 0 Å². The van der Waals surface area contributed by atoms with Crippen molar-refractivity contribution >= 4 is 11.9 Å². The first-order valence-corrected chi connectivity index (χ1v) is 8.09. The topological polar surface area (TPSA) is 60.9 Å². The number of carboxylic acids is 1. The van der Waals surface area contributed by atoms with E-state index in [2.05, 4.69) is 25.8 Å². The fraction of sp³-hybridized carbons (Fsp3) is 0.875. The molecule has 0 aromatic heterocycles. The number of carbonyl (C=O) groups excluding carboxylic acids is 1. The van der Waals surface area contributed by atoms with Crippen LogP contribution in [0.4, 0.5) is 0 Å². The molecular weight excluding hydrogens is 268 g/mol. The lowest BCUT2D eigenvalue weighted by Crippen LogP contribution is -2.57. The summed E-state index contributed by atoms with van der Waals surface area (Å²) in [5.41, 5.74) is -0.814. The highest BCUT2D eigenvalue weighted by atomic mass is 16.4. The Labute approximate surface area is 127 Å². The normalized spacial score (nSPS) is 30.1. The number of aliphatic carboxylic acids is 1. The van der Waals surface area contributed by atoms with Crippen LogP contribution in [0.3, 0.4) is 0 Å². The third kappa shape index (κ3) is 3.39. The number of hydrogen-bond acceptors (Lipinski definition) is 3. The summed E-state index contributed by atoms with van der Waals surface area (Å²) in [6, 6.07) is 0.648. The first kappa shape index (κ1) is 16.3. The fourth-order valence-electron chi connectivity index (χ4n) is 3.70. The van der Waals surface area contributed by atoms with Gasteiger partial charge in [-0.25, -0.2) is 0 Å². The first-order valence-electron chi connectivity index (χ1n) is 8.09. The summed E-state index contributed by atoms with van der Waals surface area (Å²) >= 11 is 0. The summed E-state index contributed by atoms with van der Waals surface area (Å²) in [6.45, 7) is 5.64. The Morgan fingerprint density at radius 1 is 1.10 bits per heavy atom. The molecule has 0 aromatic rings. The van der Waals surface area contributed by atoms with E-state index < -0.39 is 11.4 Å². The average molecular weight is 296 g/mol. The summed E-state index contributed by atoms with van der Waals surface area (Å²) in [7, 11) is 2.08. The zero-order chi connectivity index (χ0) is 15.6. The van der Waals surface area contributed by atoms with Gasteiger partial charge < -0.3 is 10.0 Å². The lowest BCUT2D eigenvalue weighted by atomic mass is 9.71. The molecule has 1 saturated carbocycles. The van der Waals surface area contributed by atoms with Crippen molar-refractivity contribution in [2.45, 2.75) is 64.5 Å². The van der Waals surface area contributed by atoms with Crippen molar-refractivity contribution in [1.82, 2.24) is 9.80 Å². The number of carboxylic acid groups (broad SMARTS) is 1. The molecule has 2 fully saturated rings. The minimum atomic E-state index is -0.814. The van der Waals surface area contributed by atoms with Crippen LogP contribution in [-0.4, -0.2) is 59.0 Å². The molecule has 2 rings (SSSR count). The van der Waals surface area contributed by atoms with E-state index in [1.807, 2.05) is 4.90 Å². The summed E-state index contributed by atoms with van der Waals surface area (Å²) in [4.78, 5) is 28.5. The quantitative estimate of drug-likeness (QED) is 0.865. The van der Waals surface area contributed by atoms with Crippen molar-refractivity contribution in [3.63, 3.8) is 0 Å². The standard InChI is InChI=1S/C16H28N2O3/c1-12-10-18(11-13(2)17(12)3)14(19)9-16(15(20)21)7-5-4-6-8-16/h12-13H,4-11H2,1-3H3,(H,20,21). The Hall–Kier alpha value is -1.10. The van der Waals surface area contributed by atoms with Gasteiger partial charge >= 0.3 is 5.97 Å². The van der Waals surface area contributed by atoms with E-state index in [9.17, 15) is 14.7 Å². The molecule has 1 N–H and O–H groups in total. The van der Waals surface area contributed by atoms with Crippen LogP contribution in [0, 0.1) is 5.41 Å². The van der Waals surface area contributed by atoms with Crippen molar-refractivity contribution < 1.29 is 14.7 Å². The predicted molar refractivity (Wildman–Crippen MR) is 81.0 cm³/mol. The minimum absolute atomic E-state index is 0.0195. The second-order valence-electron chi connectivity index (χ2n) is 6.99. The monoisotopic (exact) mass is 296 g/mol. The molecule has 1 heterocycles. The van der Waals surface area contributed by atoms with Gasteiger partial charge in [-0.05, 0) is 33.7 Å². The third-order valence-corrected chi connectivity index (χ3v) is 5.47. The van der Waals surface area contributed by atoms with E-state index in [1.165, 1.54) is 0 Å². The van der Waals surface area contributed by atoms with E-state index in [-0.39, 0.29) is 12.3 Å². The number of amides is 1. The average Bonchev–Trinajstić information content (AvgIpc) is 2.45. The van der Waals surface area contributed by atoms with Gasteiger partial charge in [-0.3, -0.25) is 14.5 Å². The van der Waals surface area contributed by atoms with Crippen LogP contribution in [0.5, 0.6) is 0 Å². The van der Waals surface area contributed by atoms with Gasteiger partial charge in [0.15, 0.2) is 0 Å². The lowest BCUT2D eigenvalue weighted by Gasteiger charge is -2.43. The summed E-state index contributed by atoms with van der Waals surface area (Å²) in [5.74, 6) is -0.767. The van der Waals surface area contributed by atoms with E-state index >= 15 is 0 Å². The molecule has 2 atom stereocenters. The molecule has 1 saturated heterocycles. The second kappa shape index (κ2) is 6.34. The maximum absolute atomic E-state index is 12.6. The highest BCUT2D eigenvalue weighted by Crippen LogP contribution is 2.40. The van der Waals surface area contributed by atoms with Gasteiger partial charge in [0, 0.05) is 31.6 Å². The largest absolute Gasteiger partial charge is 0.481 e. The summed E-state index contributed by atoms with van der Waals surface area (Å²) in [5, 5.41) is 9.60. The fourth-order valence-corrected chi connectivity index (χ4v) is 3.70.